The van der Waals surface area contributed by atoms with E-state index in [1.54, 1.807) is 11.9 Å². The lowest BCUT2D eigenvalue weighted by Crippen LogP contribution is -2.36. The summed E-state index contributed by atoms with van der Waals surface area (Å²) < 4.78 is 15.8. The topological polar surface area (TPSA) is 96.2 Å². The zero-order valence-electron chi connectivity index (χ0n) is 12.4. The van der Waals surface area contributed by atoms with Crippen molar-refractivity contribution >= 4 is 11.2 Å². The van der Waals surface area contributed by atoms with Crippen LogP contribution in [0.2, 0.25) is 0 Å². The average Bonchev–Trinajstić information content (AvgIpc) is 3.06. The Labute approximate surface area is 124 Å². The Bertz CT molecular complexity index is 823. The molecule has 0 radical (unpaired) electrons. The van der Waals surface area contributed by atoms with Gasteiger partial charge in [0.05, 0.1) is 13.2 Å². The molecule has 1 fully saturated rings. The van der Waals surface area contributed by atoms with Gasteiger partial charge in [0.1, 0.15) is 17.5 Å². The van der Waals surface area contributed by atoms with E-state index in [9.17, 15) is 19.1 Å². The lowest BCUT2D eigenvalue weighted by Gasteiger charge is -2.20. The number of hydrogen-bond acceptors (Lipinski definition) is 5. The minimum absolute atomic E-state index is 0.124. The summed E-state index contributed by atoms with van der Waals surface area (Å²) in [5, 5.41) is 9.30. The molecule has 120 valence electrons. The lowest BCUT2D eigenvalue weighted by molar-refractivity contribution is 0.151. The average molecular weight is 311 g/mol. The number of hydrogen-bond donors (Lipinski definition) is 2. The first-order valence-electron chi connectivity index (χ1n) is 7.06. The van der Waals surface area contributed by atoms with Crippen LogP contribution in [0.1, 0.15) is 12.2 Å². The minimum atomic E-state index is -0.973. The monoisotopic (exact) mass is 311 g/mol. The molecule has 9 heteroatoms. The van der Waals surface area contributed by atoms with Gasteiger partial charge in [0.2, 0.25) is 0 Å². The molecule has 3 rings (SSSR count). The molecule has 0 bridgehead atoms. The number of nitrogens with zero attached hydrogens (tertiary/aromatic N) is 4. The van der Waals surface area contributed by atoms with Gasteiger partial charge < -0.3 is 10.1 Å². The number of imidazole rings is 1. The van der Waals surface area contributed by atoms with Gasteiger partial charge in [-0.3, -0.25) is 18.8 Å². The molecule has 1 aliphatic heterocycles. The Kier molecular flexibility index (Phi) is 3.61. The van der Waals surface area contributed by atoms with E-state index in [0.29, 0.717) is 5.82 Å². The van der Waals surface area contributed by atoms with Crippen molar-refractivity contribution in [2.75, 3.05) is 13.2 Å². The van der Waals surface area contributed by atoms with Gasteiger partial charge in [0, 0.05) is 26.7 Å². The van der Waals surface area contributed by atoms with E-state index in [1.165, 1.54) is 11.6 Å². The van der Waals surface area contributed by atoms with Crippen molar-refractivity contribution in [3.63, 3.8) is 0 Å². The summed E-state index contributed by atoms with van der Waals surface area (Å²) in [6.45, 7) is 0.387. The number of alkyl halides is 1. The number of aromatic nitrogens is 4. The van der Waals surface area contributed by atoms with E-state index in [0.717, 1.165) is 4.57 Å². The zero-order chi connectivity index (χ0) is 16.0. The van der Waals surface area contributed by atoms with Gasteiger partial charge in [-0.1, -0.05) is 0 Å². The number of aliphatic hydroxyl groups excluding tert-OH is 1. The summed E-state index contributed by atoms with van der Waals surface area (Å²) in [5.74, 6) is 0.473. The molecule has 0 aromatic carbocycles. The van der Waals surface area contributed by atoms with Crippen LogP contribution in [-0.2, 0) is 20.6 Å². The maximum absolute atomic E-state index is 13.5. The number of halogens is 1. The van der Waals surface area contributed by atoms with E-state index < -0.39 is 17.4 Å². The van der Waals surface area contributed by atoms with Gasteiger partial charge in [-0.05, 0) is 6.42 Å². The Balaban J connectivity index is 2.00. The molecule has 0 unspecified atom stereocenters. The molecule has 3 heterocycles. The van der Waals surface area contributed by atoms with Crippen molar-refractivity contribution in [3.8, 4) is 0 Å². The van der Waals surface area contributed by atoms with Crippen LogP contribution in [0.15, 0.2) is 9.59 Å². The van der Waals surface area contributed by atoms with Crippen molar-refractivity contribution in [3.05, 3.63) is 26.7 Å². The summed E-state index contributed by atoms with van der Waals surface area (Å²) in [4.78, 5) is 32.9. The van der Waals surface area contributed by atoms with E-state index in [2.05, 4.69) is 9.97 Å². The predicted octanol–water partition coefficient (Wildman–Crippen LogP) is -1.13. The fourth-order valence-corrected chi connectivity index (χ4v) is 2.95. The largest absolute Gasteiger partial charge is 0.395 e. The second kappa shape index (κ2) is 5.33. The van der Waals surface area contributed by atoms with Gasteiger partial charge in [0.15, 0.2) is 5.65 Å². The molecule has 1 aliphatic rings. The molecule has 2 aromatic rings. The number of H-pyrrole nitrogens is 1. The molecule has 2 atom stereocenters. The number of likely N-dealkylation sites (tertiary alicyclic amines) is 1. The standard InChI is InChI=1S/C13H18FN5O3/c1-17-11-10(12(21)18(2)13(17)22)15-9(16-11)5-19-4-7(14)3-8(19)6-20/h7-8,20H,3-6H2,1-2H3,(H,15,16)/t7-,8-/m0/s1. The molecule has 0 saturated carbocycles. The molecule has 0 aliphatic carbocycles. The van der Waals surface area contributed by atoms with E-state index in [-0.39, 0.29) is 43.3 Å². The first-order valence-corrected chi connectivity index (χ1v) is 7.06. The summed E-state index contributed by atoms with van der Waals surface area (Å²) >= 11 is 0. The molecule has 0 amide bonds. The van der Waals surface area contributed by atoms with Gasteiger partial charge >= 0.3 is 5.69 Å². The fraction of sp³-hybridized carbons (Fsp3) is 0.615. The van der Waals surface area contributed by atoms with E-state index in [4.69, 9.17) is 0 Å². The van der Waals surface area contributed by atoms with Crippen LogP contribution in [0.4, 0.5) is 4.39 Å². The molecule has 0 spiro atoms. The highest BCUT2D eigenvalue weighted by molar-refractivity contribution is 5.69. The number of rotatable bonds is 3. The van der Waals surface area contributed by atoms with Gasteiger partial charge in [-0.25, -0.2) is 14.2 Å². The third kappa shape index (κ3) is 2.26. The smallest absolute Gasteiger partial charge is 0.332 e. The summed E-state index contributed by atoms with van der Waals surface area (Å²) in [7, 11) is 2.94. The summed E-state index contributed by atoms with van der Waals surface area (Å²) in [6.07, 6.45) is -0.685. The van der Waals surface area contributed by atoms with Gasteiger partial charge in [-0.2, -0.15) is 0 Å². The normalized spacial score (nSPS) is 22.7. The SMILES string of the molecule is Cn1c(=O)c2[nH]c(CN3C[C@@H](F)C[C@H]3CO)nc2n(C)c1=O. The molecule has 2 aromatic heterocycles. The molecule has 1 saturated heterocycles. The Morgan fingerprint density at radius 3 is 2.77 bits per heavy atom. The van der Waals surface area contributed by atoms with Crippen molar-refractivity contribution in [1.82, 2.24) is 24.0 Å². The molecule has 22 heavy (non-hydrogen) atoms. The van der Waals surface area contributed by atoms with E-state index >= 15 is 0 Å². The Hall–Kier alpha value is -2.00. The first-order chi connectivity index (χ1) is 10.4. The van der Waals surface area contributed by atoms with Gasteiger partial charge in [-0.15, -0.1) is 0 Å². The van der Waals surface area contributed by atoms with Crippen LogP contribution in [0.3, 0.4) is 0 Å². The number of nitrogens with one attached hydrogen (secondary N) is 1. The highest BCUT2D eigenvalue weighted by Crippen LogP contribution is 2.22. The van der Waals surface area contributed by atoms with Crippen LogP contribution in [0.25, 0.3) is 11.2 Å². The highest BCUT2D eigenvalue weighted by Gasteiger charge is 2.32. The van der Waals surface area contributed by atoms with Crippen molar-refractivity contribution in [2.24, 2.45) is 14.1 Å². The van der Waals surface area contributed by atoms with Crippen LogP contribution in [-0.4, -0.2) is 54.5 Å². The summed E-state index contributed by atoms with van der Waals surface area (Å²) in [5.41, 5.74) is -0.370. The number of aliphatic hydroxyl groups is 1. The predicted molar refractivity (Wildman–Crippen MR) is 77.4 cm³/mol. The molecular formula is C13H18FN5O3. The molecule has 8 nitrogen and oxygen atoms in total. The first kappa shape index (κ1) is 14.9. The van der Waals surface area contributed by atoms with Crippen LogP contribution >= 0.6 is 0 Å². The van der Waals surface area contributed by atoms with Gasteiger partial charge in [0.25, 0.3) is 5.56 Å². The van der Waals surface area contributed by atoms with Crippen molar-refractivity contribution in [2.45, 2.75) is 25.2 Å². The van der Waals surface area contributed by atoms with Crippen LogP contribution in [0, 0.1) is 0 Å². The van der Waals surface area contributed by atoms with Crippen LogP contribution < -0.4 is 11.2 Å². The Morgan fingerprint density at radius 1 is 1.36 bits per heavy atom. The van der Waals surface area contributed by atoms with E-state index in [1.807, 2.05) is 0 Å². The second-order valence-corrected chi connectivity index (χ2v) is 5.69. The minimum Gasteiger partial charge on any atom is -0.395 e. The number of aromatic amines is 1. The second-order valence-electron chi connectivity index (χ2n) is 5.69. The highest BCUT2D eigenvalue weighted by atomic mass is 19.1. The number of aryl methyl sites for hydroxylation is 1. The van der Waals surface area contributed by atoms with Crippen LogP contribution in [0.5, 0.6) is 0 Å². The van der Waals surface area contributed by atoms with Crippen molar-refractivity contribution < 1.29 is 9.50 Å². The van der Waals surface area contributed by atoms with Crippen molar-refractivity contribution in [1.29, 1.82) is 0 Å². The molecular weight excluding hydrogens is 293 g/mol. The Morgan fingerprint density at radius 2 is 2.09 bits per heavy atom. The third-order valence-corrected chi connectivity index (χ3v) is 4.18. The zero-order valence-corrected chi connectivity index (χ0v) is 12.4. The quantitative estimate of drug-likeness (QED) is 0.747. The maximum Gasteiger partial charge on any atom is 0.332 e. The summed E-state index contributed by atoms with van der Waals surface area (Å²) in [6, 6.07) is -0.255. The maximum atomic E-state index is 13.5. The third-order valence-electron chi connectivity index (χ3n) is 4.18. The lowest BCUT2D eigenvalue weighted by atomic mass is 10.2. The fourth-order valence-electron chi connectivity index (χ4n) is 2.95. The molecule has 2 N–H and O–H groups in total. The number of fused-ring (bicyclic) bond motifs is 1.